The first-order chi connectivity index (χ1) is 11.5. The van der Waals surface area contributed by atoms with Crippen molar-refractivity contribution in [1.29, 1.82) is 0 Å². The number of carbonyl (C=O) groups excluding carboxylic acids is 1. The normalized spacial score (nSPS) is 17.3. The molecule has 0 saturated heterocycles. The van der Waals surface area contributed by atoms with Crippen molar-refractivity contribution in [3.63, 3.8) is 0 Å². The number of methoxy groups -OCH3 is 2. The van der Waals surface area contributed by atoms with Crippen LogP contribution in [-0.2, 0) is 4.79 Å². The Bertz CT molecular complexity index is 556. The molecule has 0 spiro atoms. The Balaban J connectivity index is 1.91. The Labute approximate surface area is 143 Å². The lowest BCUT2D eigenvalue weighted by atomic mass is 9.87. The number of ether oxygens (including phenoxy) is 2. The van der Waals surface area contributed by atoms with Gasteiger partial charge < -0.3 is 25.6 Å². The lowest BCUT2D eigenvalue weighted by Crippen LogP contribution is -2.39. The number of nitrogens with two attached hydrogens (primary N) is 1. The molecule has 134 valence electrons. The standard InChI is InChI=1S/C18H28N2O4/c1-23-15-6-5-13(9-16(15)24-2)14(19)10-17(22)20-11-18(12-21)7-3-4-8-18/h5-6,9,14,21H,3-4,7-8,10-12,19H2,1-2H3,(H,20,22). The average molecular weight is 336 g/mol. The van der Waals surface area contributed by atoms with Gasteiger partial charge in [0, 0.05) is 24.4 Å². The van der Waals surface area contributed by atoms with Crippen LogP contribution in [-0.4, -0.2) is 38.4 Å². The van der Waals surface area contributed by atoms with Crippen molar-refractivity contribution in [2.75, 3.05) is 27.4 Å². The van der Waals surface area contributed by atoms with E-state index in [1.165, 1.54) is 0 Å². The largest absolute Gasteiger partial charge is 0.493 e. The van der Waals surface area contributed by atoms with Crippen molar-refractivity contribution in [3.8, 4) is 11.5 Å². The molecule has 0 bridgehead atoms. The van der Waals surface area contributed by atoms with Gasteiger partial charge in [-0.2, -0.15) is 0 Å². The van der Waals surface area contributed by atoms with Crippen molar-refractivity contribution in [2.24, 2.45) is 11.1 Å². The SMILES string of the molecule is COc1ccc(C(N)CC(=O)NCC2(CO)CCCC2)cc1OC. The number of nitrogens with one attached hydrogen (secondary N) is 1. The number of hydrogen-bond acceptors (Lipinski definition) is 5. The zero-order chi connectivity index (χ0) is 17.6. The molecule has 6 nitrogen and oxygen atoms in total. The quantitative estimate of drug-likeness (QED) is 0.672. The number of carbonyl (C=O) groups is 1. The lowest BCUT2D eigenvalue weighted by Gasteiger charge is -2.27. The van der Waals surface area contributed by atoms with Gasteiger partial charge in [0.15, 0.2) is 11.5 Å². The molecule has 1 saturated carbocycles. The summed E-state index contributed by atoms with van der Waals surface area (Å²) in [6.07, 6.45) is 4.34. The van der Waals surface area contributed by atoms with E-state index in [0.717, 1.165) is 31.2 Å². The van der Waals surface area contributed by atoms with Crippen molar-refractivity contribution >= 4 is 5.91 Å². The molecule has 1 fully saturated rings. The van der Waals surface area contributed by atoms with Crippen LogP contribution in [0.4, 0.5) is 0 Å². The van der Waals surface area contributed by atoms with E-state index in [1.54, 1.807) is 26.4 Å². The minimum atomic E-state index is -0.418. The van der Waals surface area contributed by atoms with Crippen LogP contribution in [0.25, 0.3) is 0 Å². The maximum atomic E-state index is 12.2. The number of rotatable bonds is 8. The monoisotopic (exact) mass is 336 g/mol. The molecule has 24 heavy (non-hydrogen) atoms. The third-order valence-electron chi connectivity index (χ3n) is 4.90. The van der Waals surface area contributed by atoms with E-state index in [2.05, 4.69) is 5.32 Å². The second kappa shape index (κ2) is 8.35. The van der Waals surface area contributed by atoms with Crippen LogP contribution < -0.4 is 20.5 Å². The van der Waals surface area contributed by atoms with E-state index in [4.69, 9.17) is 15.2 Å². The molecule has 0 heterocycles. The van der Waals surface area contributed by atoms with Crippen LogP contribution >= 0.6 is 0 Å². The van der Waals surface area contributed by atoms with E-state index in [9.17, 15) is 9.90 Å². The maximum absolute atomic E-state index is 12.2. The number of hydrogen-bond donors (Lipinski definition) is 3. The van der Waals surface area contributed by atoms with Crippen molar-refractivity contribution in [3.05, 3.63) is 23.8 Å². The maximum Gasteiger partial charge on any atom is 0.221 e. The summed E-state index contributed by atoms with van der Waals surface area (Å²) >= 11 is 0. The molecule has 1 aliphatic rings. The van der Waals surface area contributed by atoms with Crippen LogP contribution in [0.15, 0.2) is 18.2 Å². The summed E-state index contributed by atoms with van der Waals surface area (Å²) in [6, 6.07) is 5.00. The van der Waals surface area contributed by atoms with Crippen molar-refractivity contribution in [2.45, 2.75) is 38.1 Å². The molecule has 1 aliphatic carbocycles. The Morgan fingerprint density at radius 2 is 1.96 bits per heavy atom. The van der Waals surface area contributed by atoms with Crippen LogP contribution in [0, 0.1) is 5.41 Å². The molecule has 1 atom stereocenters. The highest BCUT2D eigenvalue weighted by atomic mass is 16.5. The van der Waals surface area contributed by atoms with E-state index in [0.29, 0.717) is 18.0 Å². The number of benzene rings is 1. The number of aliphatic hydroxyl groups excluding tert-OH is 1. The van der Waals surface area contributed by atoms with Crippen LogP contribution in [0.2, 0.25) is 0 Å². The molecule has 4 N–H and O–H groups in total. The molecular formula is C18H28N2O4. The summed E-state index contributed by atoms with van der Waals surface area (Å²) in [4.78, 5) is 12.2. The topological polar surface area (TPSA) is 93.8 Å². The molecule has 1 aromatic carbocycles. The lowest BCUT2D eigenvalue weighted by molar-refractivity contribution is -0.122. The van der Waals surface area contributed by atoms with Crippen LogP contribution in [0.1, 0.15) is 43.7 Å². The highest BCUT2D eigenvalue weighted by Crippen LogP contribution is 2.37. The average Bonchev–Trinajstić information content (AvgIpc) is 3.08. The van der Waals surface area contributed by atoms with E-state index in [-0.39, 0.29) is 24.3 Å². The van der Waals surface area contributed by atoms with Crippen LogP contribution in [0.5, 0.6) is 11.5 Å². The van der Waals surface area contributed by atoms with Gasteiger partial charge in [-0.15, -0.1) is 0 Å². The third-order valence-corrected chi connectivity index (χ3v) is 4.90. The smallest absolute Gasteiger partial charge is 0.221 e. The first-order valence-corrected chi connectivity index (χ1v) is 8.38. The highest BCUT2D eigenvalue weighted by Gasteiger charge is 2.33. The molecule has 0 aromatic heterocycles. The molecule has 0 radical (unpaired) electrons. The predicted molar refractivity (Wildman–Crippen MR) is 92.1 cm³/mol. The Hall–Kier alpha value is -1.79. The fourth-order valence-electron chi connectivity index (χ4n) is 3.28. The van der Waals surface area contributed by atoms with Gasteiger partial charge in [0.25, 0.3) is 0 Å². The zero-order valence-corrected chi connectivity index (χ0v) is 14.5. The molecule has 1 unspecified atom stereocenters. The minimum Gasteiger partial charge on any atom is -0.493 e. The third kappa shape index (κ3) is 4.39. The Morgan fingerprint density at radius 1 is 1.29 bits per heavy atom. The molecule has 1 aromatic rings. The van der Waals surface area contributed by atoms with Gasteiger partial charge >= 0.3 is 0 Å². The first kappa shape index (κ1) is 18.5. The van der Waals surface area contributed by atoms with Gasteiger partial charge in [-0.1, -0.05) is 18.9 Å². The van der Waals surface area contributed by atoms with E-state index < -0.39 is 6.04 Å². The van der Waals surface area contributed by atoms with E-state index >= 15 is 0 Å². The zero-order valence-electron chi connectivity index (χ0n) is 14.5. The van der Waals surface area contributed by atoms with Crippen molar-refractivity contribution in [1.82, 2.24) is 5.32 Å². The van der Waals surface area contributed by atoms with Crippen molar-refractivity contribution < 1.29 is 19.4 Å². The van der Waals surface area contributed by atoms with Gasteiger partial charge in [0.05, 0.1) is 20.8 Å². The second-order valence-electron chi connectivity index (χ2n) is 6.57. The first-order valence-electron chi connectivity index (χ1n) is 8.38. The fourth-order valence-corrected chi connectivity index (χ4v) is 3.28. The summed E-state index contributed by atoms with van der Waals surface area (Å²) < 4.78 is 10.5. The number of aliphatic hydroxyl groups is 1. The highest BCUT2D eigenvalue weighted by molar-refractivity contribution is 5.76. The van der Waals surface area contributed by atoms with Gasteiger partial charge in [-0.3, -0.25) is 4.79 Å². The van der Waals surface area contributed by atoms with Gasteiger partial charge in [0.1, 0.15) is 0 Å². The van der Waals surface area contributed by atoms with Gasteiger partial charge in [0.2, 0.25) is 5.91 Å². The Kier molecular flexibility index (Phi) is 6.45. The van der Waals surface area contributed by atoms with Gasteiger partial charge in [-0.05, 0) is 30.5 Å². The molecular weight excluding hydrogens is 308 g/mol. The van der Waals surface area contributed by atoms with Gasteiger partial charge in [-0.25, -0.2) is 0 Å². The molecule has 6 heteroatoms. The summed E-state index contributed by atoms with van der Waals surface area (Å²) in [6.45, 7) is 0.635. The molecule has 2 rings (SSSR count). The summed E-state index contributed by atoms with van der Waals surface area (Å²) in [5, 5.41) is 12.5. The summed E-state index contributed by atoms with van der Waals surface area (Å²) in [5.74, 6) is 1.12. The van der Waals surface area contributed by atoms with Crippen LogP contribution in [0.3, 0.4) is 0 Å². The Morgan fingerprint density at radius 3 is 2.54 bits per heavy atom. The summed E-state index contributed by atoms with van der Waals surface area (Å²) in [7, 11) is 3.14. The van der Waals surface area contributed by atoms with E-state index in [1.807, 2.05) is 6.07 Å². The minimum absolute atomic E-state index is 0.1000. The molecule has 0 aliphatic heterocycles. The molecule has 1 amide bonds. The second-order valence-corrected chi connectivity index (χ2v) is 6.57. The summed E-state index contributed by atoms with van der Waals surface area (Å²) in [5.41, 5.74) is 6.82. The number of amides is 1. The fraction of sp³-hybridized carbons (Fsp3) is 0.611. The predicted octanol–water partition coefficient (Wildman–Crippen LogP) is 1.76.